The number of aryl methyl sites for hydroxylation is 1. The van der Waals surface area contributed by atoms with Gasteiger partial charge in [0.1, 0.15) is 0 Å². The minimum absolute atomic E-state index is 0.000990. The van der Waals surface area contributed by atoms with Gasteiger partial charge in [0.25, 0.3) is 0 Å². The van der Waals surface area contributed by atoms with Crippen molar-refractivity contribution in [2.45, 2.75) is 13.3 Å². The van der Waals surface area contributed by atoms with E-state index in [0.717, 1.165) is 21.2 Å². The first-order valence-corrected chi connectivity index (χ1v) is 8.03. The minimum atomic E-state index is -0.869. The second-order valence-electron chi connectivity index (χ2n) is 5.79. The fourth-order valence-electron chi connectivity index (χ4n) is 3.50. The number of carboxylic acids is 1. The molecule has 110 valence electrons. The standard InChI is InChI=1S/C16H16INO3/c1-8-6-11(17)4-5-12(8)18-15(19)13-9-2-3-10(7-9)14(13)16(20)21/h2-6,9-10,13-14H,7H2,1H3,(H,18,19)(H,20,21). The molecule has 3 rings (SSSR count). The van der Waals surface area contributed by atoms with Gasteiger partial charge in [-0.15, -0.1) is 0 Å². The highest BCUT2D eigenvalue weighted by molar-refractivity contribution is 14.1. The predicted molar refractivity (Wildman–Crippen MR) is 87.9 cm³/mol. The summed E-state index contributed by atoms with van der Waals surface area (Å²) in [6.45, 7) is 1.94. The molecule has 0 aromatic heterocycles. The van der Waals surface area contributed by atoms with Gasteiger partial charge in [-0.2, -0.15) is 0 Å². The van der Waals surface area contributed by atoms with Crippen LogP contribution in [0.2, 0.25) is 0 Å². The molecule has 0 radical (unpaired) electrons. The molecule has 4 unspecified atom stereocenters. The third-order valence-electron chi connectivity index (χ3n) is 4.49. The zero-order valence-corrected chi connectivity index (χ0v) is 13.7. The van der Waals surface area contributed by atoms with Crippen LogP contribution in [0.25, 0.3) is 0 Å². The quantitative estimate of drug-likeness (QED) is 0.609. The molecule has 1 aromatic rings. The van der Waals surface area contributed by atoms with E-state index in [2.05, 4.69) is 27.9 Å². The Hall–Kier alpha value is -1.37. The van der Waals surface area contributed by atoms with Crippen molar-refractivity contribution in [2.75, 3.05) is 5.32 Å². The highest BCUT2D eigenvalue weighted by Crippen LogP contribution is 2.48. The third kappa shape index (κ3) is 2.59. The molecule has 5 heteroatoms. The summed E-state index contributed by atoms with van der Waals surface area (Å²) in [6, 6.07) is 5.79. The van der Waals surface area contributed by atoms with Crippen molar-refractivity contribution in [3.8, 4) is 0 Å². The zero-order valence-electron chi connectivity index (χ0n) is 11.5. The molecule has 2 aliphatic carbocycles. The van der Waals surface area contributed by atoms with Crippen molar-refractivity contribution in [1.82, 2.24) is 0 Å². The maximum absolute atomic E-state index is 12.5. The van der Waals surface area contributed by atoms with Gasteiger partial charge in [-0.05, 0) is 71.5 Å². The number of nitrogens with one attached hydrogen (secondary N) is 1. The number of fused-ring (bicyclic) bond motifs is 2. The summed E-state index contributed by atoms with van der Waals surface area (Å²) in [6.07, 6.45) is 4.72. The van der Waals surface area contributed by atoms with Gasteiger partial charge in [0.05, 0.1) is 11.8 Å². The Kier molecular flexibility index (Phi) is 3.77. The first kappa shape index (κ1) is 14.6. The smallest absolute Gasteiger partial charge is 0.307 e. The summed E-state index contributed by atoms with van der Waals surface area (Å²) >= 11 is 2.22. The van der Waals surface area contributed by atoms with Crippen LogP contribution in [0.5, 0.6) is 0 Å². The van der Waals surface area contributed by atoms with Crippen LogP contribution in [-0.2, 0) is 9.59 Å². The molecule has 21 heavy (non-hydrogen) atoms. The van der Waals surface area contributed by atoms with E-state index in [1.54, 1.807) is 0 Å². The molecular formula is C16H16INO3. The van der Waals surface area contributed by atoms with Gasteiger partial charge in [-0.25, -0.2) is 0 Å². The van der Waals surface area contributed by atoms with Gasteiger partial charge in [0, 0.05) is 9.26 Å². The maximum atomic E-state index is 12.5. The Morgan fingerprint density at radius 2 is 1.90 bits per heavy atom. The van der Waals surface area contributed by atoms with Crippen LogP contribution in [-0.4, -0.2) is 17.0 Å². The summed E-state index contributed by atoms with van der Waals surface area (Å²) in [5.41, 5.74) is 1.75. The highest BCUT2D eigenvalue weighted by atomic mass is 127. The number of halogens is 1. The largest absolute Gasteiger partial charge is 0.481 e. The molecule has 1 amide bonds. The van der Waals surface area contributed by atoms with E-state index < -0.39 is 17.8 Å². The van der Waals surface area contributed by atoms with Crippen molar-refractivity contribution < 1.29 is 14.7 Å². The second-order valence-corrected chi connectivity index (χ2v) is 7.03. The van der Waals surface area contributed by atoms with Gasteiger partial charge in [0.2, 0.25) is 5.91 Å². The third-order valence-corrected chi connectivity index (χ3v) is 5.16. The molecule has 0 aliphatic heterocycles. The fourth-order valence-corrected chi connectivity index (χ4v) is 4.15. The molecule has 0 saturated heterocycles. The van der Waals surface area contributed by atoms with E-state index in [-0.39, 0.29) is 17.7 Å². The number of carbonyl (C=O) groups excluding carboxylic acids is 1. The van der Waals surface area contributed by atoms with E-state index in [9.17, 15) is 14.7 Å². The summed E-state index contributed by atoms with van der Waals surface area (Å²) in [4.78, 5) is 24.0. The van der Waals surface area contributed by atoms with Crippen LogP contribution < -0.4 is 5.32 Å². The number of carbonyl (C=O) groups is 2. The molecule has 4 nitrogen and oxygen atoms in total. The Labute approximate surface area is 136 Å². The van der Waals surface area contributed by atoms with Crippen molar-refractivity contribution >= 4 is 40.2 Å². The van der Waals surface area contributed by atoms with E-state index in [1.807, 2.05) is 37.3 Å². The van der Waals surface area contributed by atoms with Crippen LogP contribution in [0.4, 0.5) is 5.69 Å². The molecule has 4 atom stereocenters. The van der Waals surface area contributed by atoms with Crippen LogP contribution in [0.3, 0.4) is 0 Å². The van der Waals surface area contributed by atoms with Crippen LogP contribution in [0.15, 0.2) is 30.4 Å². The van der Waals surface area contributed by atoms with Crippen molar-refractivity contribution in [2.24, 2.45) is 23.7 Å². The Morgan fingerprint density at radius 3 is 2.52 bits per heavy atom. The van der Waals surface area contributed by atoms with Crippen LogP contribution in [0.1, 0.15) is 12.0 Å². The van der Waals surface area contributed by atoms with Crippen LogP contribution >= 0.6 is 22.6 Å². The van der Waals surface area contributed by atoms with E-state index in [4.69, 9.17) is 0 Å². The highest BCUT2D eigenvalue weighted by Gasteiger charge is 2.51. The molecule has 0 spiro atoms. The molecule has 1 aromatic carbocycles. The Bertz CT molecular complexity index is 640. The van der Waals surface area contributed by atoms with E-state index >= 15 is 0 Å². The number of allylic oxidation sites excluding steroid dienone is 2. The predicted octanol–water partition coefficient (Wildman–Crippen LogP) is 3.06. The lowest BCUT2D eigenvalue weighted by Crippen LogP contribution is -2.36. The number of benzene rings is 1. The van der Waals surface area contributed by atoms with Gasteiger partial charge in [-0.3, -0.25) is 9.59 Å². The van der Waals surface area contributed by atoms with Crippen LogP contribution in [0, 0.1) is 34.2 Å². The topological polar surface area (TPSA) is 66.4 Å². The lowest BCUT2D eigenvalue weighted by Gasteiger charge is -2.24. The molecular weight excluding hydrogens is 381 g/mol. The number of rotatable bonds is 3. The zero-order chi connectivity index (χ0) is 15.1. The Morgan fingerprint density at radius 1 is 1.24 bits per heavy atom. The molecule has 1 fully saturated rings. The van der Waals surface area contributed by atoms with Crippen molar-refractivity contribution in [3.63, 3.8) is 0 Å². The molecule has 0 heterocycles. The fraction of sp³-hybridized carbons (Fsp3) is 0.375. The van der Waals surface area contributed by atoms with Gasteiger partial charge in [0.15, 0.2) is 0 Å². The van der Waals surface area contributed by atoms with Gasteiger partial charge < -0.3 is 10.4 Å². The minimum Gasteiger partial charge on any atom is -0.481 e. The Balaban J connectivity index is 1.82. The number of aliphatic carboxylic acids is 1. The first-order valence-electron chi connectivity index (χ1n) is 6.95. The summed E-state index contributed by atoms with van der Waals surface area (Å²) in [5.74, 6) is -2.04. The van der Waals surface area contributed by atoms with Crippen molar-refractivity contribution in [3.05, 3.63) is 39.5 Å². The lowest BCUT2D eigenvalue weighted by atomic mass is 9.82. The summed E-state index contributed by atoms with van der Waals surface area (Å²) in [5, 5.41) is 12.3. The number of carboxylic acid groups (broad SMARTS) is 1. The number of amides is 1. The van der Waals surface area contributed by atoms with Crippen molar-refractivity contribution in [1.29, 1.82) is 0 Å². The molecule has 1 saturated carbocycles. The van der Waals surface area contributed by atoms with E-state index in [1.165, 1.54) is 0 Å². The molecule has 2 bridgehead atoms. The molecule has 2 aliphatic rings. The number of anilines is 1. The average Bonchev–Trinajstić information content (AvgIpc) is 3.02. The second kappa shape index (κ2) is 5.44. The summed E-state index contributed by atoms with van der Waals surface area (Å²) < 4.78 is 1.11. The number of hydrogen-bond donors (Lipinski definition) is 2. The molecule has 2 N–H and O–H groups in total. The monoisotopic (exact) mass is 397 g/mol. The van der Waals surface area contributed by atoms with E-state index in [0.29, 0.717) is 0 Å². The SMILES string of the molecule is Cc1cc(I)ccc1NC(=O)C1C2C=CC(C2)C1C(=O)O. The maximum Gasteiger partial charge on any atom is 0.307 e. The first-order chi connectivity index (χ1) is 9.97. The summed E-state index contributed by atoms with van der Waals surface area (Å²) in [7, 11) is 0. The van der Waals surface area contributed by atoms with Gasteiger partial charge >= 0.3 is 5.97 Å². The average molecular weight is 397 g/mol. The number of hydrogen-bond acceptors (Lipinski definition) is 2. The van der Waals surface area contributed by atoms with Gasteiger partial charge in [-0.1, -0.05) is 12.2 Å². The normalized spacial score (nSPS) is 29.6. The lowest BCUT2D eigenvalue weighted by molar-refractivity contribution is -0.146.